The van der Waals surface area contributed by atoms with Gasteiger partial charge in [-0.3, -0.25) is 19.7 Å². The third-order valence-corrected chi connectivity index (χ3v) is 3.88. The summed E-state index contributed by atoms with van der Waals surface area (Å²) in [6.45, 7) is 0.859. The highest BCUT2D eigenvalue weighted by Crippen LogP contribution is 2.28. The molecule has 0 saturated carbocycles. The van der Waals surface area contributed by atoms with E-state index in [4.69, 9.17) is 10.8 Å². The molecule has 0 aromatic heterocycles. The van der Waals surface area contributed by atoms with Crippen molar-refractivity contribution in [2.45, 2.75) is 19.3 Å². The zero-order valence-corrected chi connectivity index (χ0v) is 11.9. The summed E-state index contributed by atoms with van der Waals surface area (Å²) in [4.78, 5) is 34.9. The normalized spacial score (nSPS) is 15.5. The van der Waals surface area contributed by atoms with E-state index >= 15 is 0 Å². The molecule has 2 rings (SSSR count). The highest BCUT2D eigenvalue weighted by atomic mass is 16.6. The number of amides is 1. The molecule has 0 unspecified atom stereocenters. The van der Waals surface area contributed by atoms with E-state index in [1.165, 1.54) is 18.2 Å². The van der Waals surface area contributed by atoms with Crippen LogP contribution < -0.4 is 5.73 Å². The minimum absolute atomic E-state index is 0.0593. The molecule has 8 nitrogen and oxygen atoms in total. The number of nitrogens with zero attached hydrogens (tertiary/aromatic N) is 2. The number of carboxylic acid groups (broad SMARTS) is 1. The van der Waals surface area contributed by atoms with Crippen LogP contribution in [0.1, 0.15) is 29.6 Å². The monoisotopic (exact) mass is 307 g/mol. The molecule has 118 valence electrons. The number of hydrogen-bond acceptors (Lipinski definition) is 5. The predicted octanol–water partition coefficient (Wildman–Crippen LogP) is 1.50. The summed E-state index contributed by atoms with van der Waals surface area (Å²) in [6.07, 6.45) is 1.31. The molecule has 1 aromatic rings. The highest BCUT2D eigenvalue weighted by molar-refractivity contribution is 6.01. The summed E-state index contributed by atoms with van der Waals surface area (Å²) >= 11 is 0. The fourth-order valence-electron chi connectivity index (χ4n) is 2.66. The number of rotatable bonds is 4. The van der Waals surface area contributed by atoms with Gasteiger partial charge in [-0.1, -0.05) is 6.07 Å². The number of para-hydroxylation sites is 1. The Morgan fingerprint density at radius 2 is 2.00 bits per heavy atom. The topological polar surface area (TPSA) is 127 Å². The number of carbonyl (C=O) groups is 2. The summed E-state index contributed by atoms with van der Waals surface area (Å²) in [5, 5.41) is 19.6. The number of hydrogen-bond donors (Lipinski definition) is 2. The molecule has 0 spiro atoms. The Hall–Kier alpha value is -2.64. The summed E-state index contributed by atoms with van der Waals surface area (Å²) in [5.74, 6) is -1.13. The van der Waals surface area contributed by atoms with E-state index in [1.54, 1.807) is 4.90 Å². The first-order valence-corrected chi connectivity index (χ1v) is 6.94. The maximum absolute atomic E-state index is 12.4. The van der Waals surface area contributed by atoms with Crippen molar-refractivity contribution in [1.82, 2.24) is 4.90 Å². The van der Waals surface area contributed by atoms with Gasteiger partial charge in [0.05, 0.1) is 10.5 Å². The molecule has 1 fully saturated rings. The van der Waals surface area contributed by atoms with Gasteiger partial charge in [0.15, 0.2) is 0 Å². The Bertz CT molecular complexity index is 608. The molecule has 0 radical (unpaired) electrons. The lowest BCUT2D eigenvalue weighted by Crippen LogP contribution is -2.39. The van der Waals surface area contributed by atoms with Gasteiger partial charge < -0.3 is 15.7 Å². The van der Waals surface area contributed by atoms with Crippen molar-refractivity contribution in [3.8, 4) is 0 Å². The molecular weight excluding hydrogens is 290 g/mol. The Balaban J connectivity index is 2.09. The number of benzene rings is 1. The van der Waals surface area contributed by atoms with Crippen molar-refractivity contribution in [3.05, 3.63) is 33.9 Å². The number of carboxylic acids is 1. The van der Waals surface area contributed by atoms with Gasteiger partial charge in [-0.05, 0) is 24.8 Å². The zero-order valence-electron chi connectivity index (χ0n) is 11.9. The Morgan fingerprint density at radius 3 is 2.55 bits per heavy atom. The van der Waals surface area contributed by atoms with Crippen LogP contribution in [0.3, 0.4) is 0 Å². The molecular formula is C14H17N3O5. The number of piperidine rings is 1. The average Bonchev–Trinajstić information content (AvgIpc) is 2.46. The molecule has 1 aliphatic rings. The smallest absolute Gasteiger partial charge is 0.303 e. The average molecular weight is 307 g/mol. The summed E-state index contributed by atoms with van der Waals surface area (Å²) in [6, 6.07) is 4.15. The van der Waals surface area contributed by atoms with Crippen LogP contribution in [-0.4, -0.2) is 39.9 Å². The van der Waals surface area contributed by atoms with E-state index in [9.17, 15) is 19.7 Å². The summed E-state index contributed by atoms with van der Waals surface area (Å²) < 4.78 is 0. The largest absolute Gasteiger partial charge is 0.481 e. The Labute approximate surface area is 126 Å². The van der Waals surface area contributed by atoms with Gasteiger partial charge in [0.2, 0.25) is 0 Å². The second-order valence-electron chi connectivity index (χ2n) is 5.33. The maximum Gasteiger partial charge on any atom is 0.303 e. The van der Waals surface area contributed by atoms with Crippen molar-refractivity contribution in [1.29, 1.82) is 0 Å². The molecule has 0 bridgehead atoms. The van der Waals surface area contributed by atoms with Crippen molar-refractivity contribution in [2.75, 3.05) is 18.8 Å². The number of aliphatic carboxylic acids is 1. The first-order valence-electron chi connectivity index (χ1n) is 6.94. The van der Waals surface area contributed by atoms with Crippen molar-refractivity contribution < 1.29 is 19.6 Å². The van der Waals surface area contributed by atoms with Crippen molar-refractivity contribution in [3.63, 3.8) is 0 Å². The number of likely N-dealkylation sites (tertiary alicyclic amines) is 1. The number of nitrogens with two attached hydrogens (primary N) is 1. The van der Waals surface area contributed by atoms with E-state index in [2.05, 4.69) is 0 Å². The summed E-state index contributed by atoms with van der Waals surface area (Å²) in [5.41, 5.74) is 5.42. The van der Waals surface area contributed by atoms with Gasteiger partial charge in [0, 0.05) is 25.6 Å². The van der Waals surface area contributed by atoms with E-state index in [-0.39, 0.29) is 35.2 Å². The summed E-state index contributed by atoms with van der Waals surface area (Å²) in [7, 11) is 0. The molecule has 1 saturated heterocycles. The van der Waals surface area contributed by atoms with Crippen LogP contribution >= 0.6 is 0 Å². The Morgan fingerprint density at radius 1 is 1.36 bits per heavy atom. The minimum Gasteiger partial charge on any atom is -0.481 e. The van der Waals surface area contributed by atoms with Crippen LogP contribution in [0.2, 0.25) is 0 Å². The quantitative estimate of drug-likeness (QED) is 0.493. The van der Waals surface area contributed by atoms with Crippen LogP contribution in [0, 0.1) is 16.0 Å². The lowest BCUT2D eigenvalue weighted by Gasteiger charge is -2.31. The van der Waals surface area contributed by atoms with Crippen LogP contribution in [0.25, 0.3) is 0 Å². The second kappa shape index (κ2) is 6.42. The predicted molar refractivity (Wildman–Crippen MR) is 78.4 cm³/mol. The van der Waals surface area contributed by atoms with E-state index in [0.29, 0.717) is 25.9 Å². The third kappa shape index (κ3) is 3.33. The van der Waals surface area contributed by atoms with E-state index in [1.807, 2.05) is 0 Å². The fourth-order valence-corrected chi connectivity index (χ4v) is 2.66. The lowest BCUT2D eigenvalue weighted by molar-refractivity contribution is -0.383. The maximum atomic E-state index is 12.4. The molecule has 1 amide bonds. The molecule has 1 heterocycles. The van der Waals surface area contributed by atoms with Gasteiger partial charge in [-0.25, -0.2) is 0 Å². The first kappa shape index (κ1) is 15.7. The van der Waals surface area contributed by atoms with Crippen LogP contribution in [0.15, 0.2) is 18.2 Å². The second-order valence-corrected chi connectivity index (χ2v) is 5.33. The Kier molecular flexibility index (Phi) is 4.59. The van der Waals surface area contributed by atoms with Gasteiger partial charge in [-0.2, -0.15) is 0 Å². The first-order chi connectivity index (χ1) is 10.4. The van der Waals surface area contributed by atoms with E-state index in [0.717, 1.165) is 0 Å². The SMILES string of the molecule is Nc1c(C(=O)N2CCC(CC(=O)O)CC2)cccc1[N+](=O)[O-]. The van der Waals surface area contributed by atoms with Gasteiger partial charge in [0.1, 0.15) is 5.69 Å². The van der Waals surface area contributed by atoms with Crippen molar-refractivity contribution in [2.24, 2.45) is 5.92 Å². The molecule has 0 atom stereocenters. The molecule has 0 aliphatic carbocycles. The van der Waals surface area contributed by atoms with Crippen LogP contribution in [-0.2, 0) is 4.79 Å². The zero-order chi connectivity index (χ0) is 16.3. The van der Waals surface area contributed by atoms with Gasteiger partial charge in [-0.15, -0.1) is 0 Å². The highest BCUT2D eigenvalue weighted by Gasteiger charge is 2.27. The standard InChI is InChI=1S/C14H17N3O5/c15-13-10(2-1-3-11(13)17(21)22)14(20)16-6-4-9(5-7-16)8-12(18)19/h1-3,9H,4-8,15H2,(H,18,19). The third-order valence-electron chi connectivity index (χ3n) is 3.88. The number of anilines is 1. The fraction of sp³-hybridized carbons (Fsp3) is 0.429. The molecule has 3 N–H and O–H groups in total. The number of nitro groups is 1. The van der Waals surface area contributed by atoms with E-state index < -0.39 is 10.9 Å². The van der Waals surface area contributed by atoms with Crippen LogP contribution in [0.5, 0.6) is 0 Å². The minimum atomic E-state index is -0.840. The molecule has 1 aliphatic heterocycles. The van der Waals surface area contributed by atoms with Gasteiger partial charge in [0.25, 0.3) is 11.6 Å². The number of carbonyl (C=O) groups excluding carboxylic acids is 1. The molecule has 8 heteroatoms. The van der Waals surface area contributed by atoms with Crippen molar-refractivity contribution >= 4 is 23.3 Å². The van der Waals surface area contributed by atoms with Crippen LogP contribution in [0.4, 0.5) is 11.4 Å². The number of nitro benzene ring substituents is 1. The number of nitrogen functional groups attached to an aromatic ring is 1. The lowest BCUT2D eigenvalue weighted by atomic mass is 9.93. The molecule has 1 aromatic carbocycles. The molecule has 22 heavy (non-hydrogen) atoms. The van der Waals surface area contributed by atoms with Gasteiger partial charge >= 0.3 is 5.97 Å².